The van der Waals surface area contributed by atoms with E-state index in [1.807, 2.05) is 6.07 Å². The van der Waals surface area contributed by atoms with Gasteiger partial charge >= 0.3 is 0 Å². The van der Waals surface area contributed by atoms with Gasteiger partial charge in [0.25, 0.3) is 0 Å². The van der Waals surface area contributed by atoms with Gasteiger partial charge < -0.3 is 15.3 Å². The molecule has 0 spiro atoms. The Balaban J connectivity index is 1.59. The van der Waals surface area contributed by atoms with Crippen LogP contribution in [0.1, 0.15) is 32.1 Å². The first-order chi connectivity index (χ1) is 9.20. The van der Waals surface area contributed by atoms with Crippen molar-refractivity contribution >= 4 is 5.69 Å². The summed E-state index contributed by atoms with van der Waals surface area (Å²) < 4.78 is 0. The third-order valence-corrected chi connectivity index (χ3v) is 4.03. The standard InChI is InChI=1S/C16H26N2O/c1-18(15-8-3-2-4-9-15)13-7-12-17-14-16(19)10-5-6-11-16/h2-4,8-9,17,19H,5-7,10-14H2,1H3. The first kappa shape index (κ1) is 14.4. The predicted octanol–water partition coefficient (Wildman–Crippen LogP) is 2.41. The lowest BCUT2D eigenvalue weighted by molar-refractivity contribution is 0.0479. The minimum atomic E-state index is -0.425. The van der Waals surface area contributed by atoms with E-state index in [0.717, 1.165) is 38.9 Å². The topological polar surface area (TPSA) is 35.5 Å². The van der Waals surface area contributed by atoms with Gasteiger partial charge in [-0.15, -0.1) is 0 Å². The van der Waals surface area contributed by atoms with Crippen LogP contribution < -0.4 is 10.2 Å². The molecule has 0 bridgehead atoms. The molecule has 3 nitrogen and oxygen atoms in total. The fourth-order valence-corrected chi connectivity index (χ4v) is 2.78. The molecular formula is C16H26N2O. The van der Waals surface area contributed by atoms with E-state index < -0.39 is 5.60 Å². The van der Waals surface area contributed by atoms with Gasteiger partial charge in [-0.1, -0.05) is 31.0 Å². The van der Waals surface area contributed by atoms with Crippen molar-refractivity contribution in [2.24, 2.45) is 0 Å². The second-order valence-corrected chi connectivity index (χ2v) is 5.72. The third kappa shape index (κ3) is 4.51. The summed E-state index contributed by atoms with van der Waals surface area (Å²) in [5.74, 6) is 0. The molecule has 1 aromatic carbocycles. The van der Waals surface area contributed by atoms with Gasteiger partial charge in [-0.2, -0.15) is 0 Å². The molecule has 1 aliphatic rings. The average molecular weight is 262 g/mol. The van der Waals surface area contributed by atoms with Crippen LogP contribution in [0.15, 0.2) is 30.3 Å². The minimum absolute atomic E-state index is 0.425. The maximum Gasteiger partial charge on any atom is 0.0771 e. The second kappa shape index (κ2) is 6.92. The van der Waals surface area contributed by atoms with Gasteiger partial charge in [0.1, 0.15) is 0 Å². The van der Waals surface area contributed by atoms with E-state index in [0.29, 0.717) is 0 Å². The van der Waals surface area contributed by atoms with Crippen molar-refractivity contribution in [2.45, 2.75) is 37.7 Å². The lowest BCUT2D eigenvalue weighted by Crippen LogP contribution is -2.38. The number of para-hydroxylation sites is 1. The van der Waals surface area contributed by atoms with E-state index >= 15 is 0 Å². The van der Waals surface area contributed by atoms with E-state index in [-0.39, 0.29) is 0 Å². The summed E-state index contributed by atoms with van der Waals surface area (Å²) in [5, 5.41) is 13.6. The zero-order valence-corrected chi connectivity index (χ0v) is 11.9. The van der Waals surface area contributed by atoms with Crippen LogP contribution in [0, 0.1) is 0 Å². The summed E-state index contributed by atoms with van der Waals surface area (Å²) in [6, 6.07) is 10.4. The quantitative estimate of drug-likeness (QED) is 0.741. The molecule has 0 heterocycles. The molecular weight excluding hydrogens is 236 g/mol. The predicted molar refractivity (Wildman–Crippen MR) is 80.6 cm³/mol. The summed E-state index contributed by atoms with van der Waals surface area (Å²) >= 11 is 0. The maximum absolute atomic E-state index is 10.2. The highest BCUT2D eigenvalue weighted by atomic mass is 16.3. The molecule has 1 saturated carbocycles. The number of benzene rings is 1. The average Bonchev–Trinajstić information content (AvgIpc) is 2.86. The Bertz CT molecular complexity index is 360. The summed E-state index contributed by atoms with van der Waals surface area (Å²) in [7, 11) is 2.12. The molecule has 0 amide bonds. The maximum atomic E-state index is 10.2. The van der Waals surface area contributed by atoms with Crippen molar-refractivity contribution in [3.05, 3.63) is 30.3 Å². The fraction of sp³-hybridized carbons (Fsp3) is 0.625. The molecule has 0 unspecified atom stereocenters. The Morgan fingerprint density at radius 1 is 1.21 bits per heavy atom. The largest absolute Gasteiger partial charge is 0.389 e. The zero-order valence-electron chi connectivity index (χ0n) is 11.9. The van der Waals surface area contributed by atoms with Gasteiger partial charge in [-0.3, -0.25) is 0 Å². The van der Waals surface area contributed by atoms with Crippen molar-refractivity contribution in [2.75, 3.05) is 31.6 Å². The SMILES string of the molecule is CN(CCCNCC1(O)CCCC1)c1ccccc1. The molecule has 0 saturated heterocycles. The Labute approximate surface area is 116 Å². The molecule has 19 heavy (non-hydrogen) atoms. The highest BCUT2D eigenvalue weighted by Crippen LogP contribution is 2.28. The highest BCUT2D eigenvalue weighted by molar-refractivity contribution is 5.44. The Morgan fingerprint density at radius 2 is 1.89 bits per heavy atom. The molecule has 0 aliphatic heterocycles. The molecule has 0 radical (unpaired) electrons. The first-order valence-electron chi connectivity index (χ1n) is 7.39. The Morgan fingerprint density at radius 3 is 2.58 bits per heavy atom. The van der Waals surface area contributed by atoms with Gasteiger partial charge in [-0.25, -0.2) is 0 Å². The number of nitrogens with zero attached hydrogens (tertiary/aromatic N) is 1. The van der Waals surface area contributed by atoms with Gasteiger partial charge in [0.2, 0.25) is 0 Å². The summed E-state index contributed by atoms with van der Waals surface area (Å²) in [5.41, 5.74) is 0.836. The van der Waals surface area contributed by atoms with Gasteiger partial charge in [0.05, 0.1) is 5.60 Å². The van der Waals surface area contributed by atoms with Crippen LogP contribution in [0.3, 0.4) is 0 Å². The molecule has 106 valence electrons. The molecule has 2 rings (SSSR count). The van der Waals surface area contributed by atoms with E-state index in [1.165, 1.54) is 18.5 Å². The van der Waals surface area contributed by atoms with Crippen molar-refractivity contribution < 1.29 is 5.11 Å². The van der Waals surface area contributed by atoms with E-state index in [4.69, 9.17) is 0 Å². The van der Waals surface area contributed by atoms with Gasteiger partial charge in [0, 0.05) is 25.8 Å². The lowest BCUT2D eigenvalue weighted by atomic mass is 10.0. The van der Waals surface area contributed by atoms with Crippen LogP contribution in [0.25, 0.3) is 0 Å². The van der Waals surface area contributed by atoms with Crippen molar-refractivity contribution in [3.63, 3.8) is 0 Å². The van der Waals surface area contributed by atoms with Crippen LogP contribution in [-0.4, -0.2) is 37.4 Å². The van der Waals surface area contributed by atoms with Crippen LogP contribution in [0.5, 0.6) is 0 Å². The monoisotopic (exact) mass is 262 g/mol. The van der Waals surface area contributed by atoms with E-state index in [1.54, 1.807) is 0 Å². The van der Waals surface area contributed by atoms with Crippen molar-refractivity contribution in [3.8, 4) is 0 Å². The smallest absolute Gasteiger partial charge is 0.0771 e. The zero-order chi connectivity index (χ0) is 13.6. The Kier molecular flexibility index (Phi) is 5.23. The van der Waals surface area contributed by atoms with E-state index in [2.05, 4.69) is 41.5 Å². The molecule has 1 aliphatic carbocycles. The van der Waals surface area contributed by atoms with E-state index in [9.17, 15) is 5.11 Å². The normalized spacial score (nSPS) is 17.6. The molecule has 1 aromatic rings. The second-order valence-electron chi connectivity index (χ2n) is 5.72. The number of rotatable bonds is 7. The molecule has 0 aromatic heterocycles. The molecule has 0 atom stereocenters. The molecule has 2 N–H and O–H groups in total. The summed E-state index contributed by atoms with van der Waals surface area (Å²) in [6.07, 6.45) is 5.37. The Hall–Kier alpha value is -1.06. The number of hydrogen-bond acceptors (Lipinski definition) is 3. The van der Waals surface area contributed by atoms with Gasteiger partial charge in [-0.05, 0) is 37.9 Å². The third-order valence-electron chi connectivity index (χ3n) is 4.03. The molecule has 3 heteroatoms. The lowest BCUT2D eigenvalue weighted by Gasteiger charge is -2.23. The minimum Gasteiger partial charge on any atom is -0.389 e. The number of aliphatic hydroxyl groups is 1. The number of nitrogens with one attached hydrogen (secondary N) is 1. The van der Waals surface area contributed by atoms with Gasteiger partial charge in [0.15, 0.2) is 0 Å². The number of hydrogen-bond donors (Lipinski definition) is 2. The molecule has 1 fully saturated rings. The van der Waals surface area contributed by atoms with Crippen LogP contribution in [0.2, 0.25) is 0 Å². The van der Waals surface area contributed by atoms with Crippen LogP contribution >= 0.6 is 0 Å². The fourth-order valence-electron chi connectivity index (χ4n) is 2.78. The van der Waals surface area contributed by atoms with Crippen LogP contribution in [0.4, 0.5) is 5.69 Å². The van der Waals surface area contributed by atoms with Crippen molar-refractivity contribution in [1.82, 2.24) is 5.32 Å². The summed E-state index contributed by atoms with van der Waals surface area (Å²) in [6.45, 7) is 2.76. The van der Waals surface area contributed by atoms with Crippen molar-refractivity contribution in [1.29, 1.82) is 0 Å². The first-order valence-corrected chi connectivity index (χ1v) is 7.39. The highest BCUT2D eigenvalue weighted by Gasteiger charge is 2.30. The van der Waals surface area contributed by atoms with Crippen LogP contribution in [-0.2, 0) is 0 Å². The number of anilines is 1. The summed E-state index contributed by atoms with van der Waals surface area (Å²) in [4.78, 5) is 2.27.